The van der Waals surface area contributed by atoms with Gasteiger partial charge in [-0.3, -0.25) is 9.59 Å². The smallest absolute Gasteiger partial charge is 0.228 e. The lowest BCUT2D eigenvalue weighted by Gasteiger charge is -2.06. The van der Waals surface area contributed by atoms with E-state index < -0.39 is 0 Å². The average Bonchev–Trinajstić information content (AvgIpc) is 3.30. The summed E-state index contributed by atoms with van der Waals surface area (Å²) in [7, 11) is 0. The number of anilines is 2. The lowest BCUT2D eigenvalue weighted by Crippen LogP contribution is -2.20. The summed E-state index contributed by atoms with van der Waals surface area (Å²) in [5, 5.41) is 5.67. The molecule has 2 N–H and O–H groups in total. The Bertz CT molecular complexity index is 583. The molecule has 2 aromatic carbocycles. The second-order valence-electron chi connectivity index (χ2n) is 5.16. The molecule has 1 aliphatic carbocycles. The maximum atomic E-state index is 12.1. The van der Waals surface area contributed by atoms with Crippen LogP contribution in [0.1, 0.15) is 6.42 Å². The maximum absolute atomic E-state index is 12.1. The van der Waals surface area contributed by atoms with Crippen LogP contribution in [0.3, 0.4) is 0 Å². The van der Waals surface area contributed by atoms with E-state index in [0.717, 1.165) is 11.4 Å². The summed E-state index contributed by atoms with van der Waals surface area (Å²) in [6, 6.07) is 18.6. The van der Waals surface area contributed by atoms with Crippen LogP contribution < -0.4 is 10.6 Å². The second kappa shape index (κ2) is 5.79. The van der Waals surface area contributed by atoms with E-state index in [0.29, 0.717) is 6.42 Å². The highest BCUT2D eigenvalue weighted by molar-refractivity contribution is 6.03. The third-order valence-electron chi connectivity index (χ3n) is 3.55. The monoisotopic (exact) mass is 280 g/mol. The van der Waals surface area contributed by atoms with Crippen LogP contribution in [0, 0.1) is 11.8 Å². The van der Waals surface area contributed by atoms with Crippen molar-refractivity contribution in [2.75, 3.05) is 10.6 Å². The predicted molar refractivity (Wildman–Crippen MR) is 81.7 cm³/mol. The zero-order valence-corrected chi connectivity index (χ0v) is 11.5. The summed E-state index contributed by atoms with van der Waals surface area (Å²) < 4.78 is 0. The number of carbonyl (C=O) groups is 2. The number of nitrogens with one attached hydrogen (secondary N) is 2. The molecule has 1 aliphatic rings. The summed E-state index contributed by atoms with van der Waals surface area (Å²) >= 11 is 0. The molecule has 2 atom stereocenters. The minimum atomic E-state index is -0.228. The molecule has 2 aromatic rings. The van der Waals surface area contributed by atoms with Crippen molar-refractivity contribution in [2.24, 2.45) is 11.8 Å². The Morgan fingerprint density at radius 2 is 1.10 bits per heavy atom. The Kier molecular flexibility index (Phi) is 3.69. The number of para-hydroxylation sites is 2. The summed E-state index contributed by atoms with van der Waals surface area (Å²) in [6.45, 7) is 0. The van der Waals surface area contributed by atoms with Crippen molar-refractivity contribution in [3.05, 3.63) is 60.7 Å². The number of hydrogen-bond donors (Lipinski definition) is 2. The van der Waals surface area contributed by atoms with Crippen molar-refractivity contribution in [1.82, 2.24) is 0 Å². The molecule has 0 saturated heterocycles. The fourth-order valence-electron chi connectivity index (χ4n) is 2.29. The molecule has 0 radical (unpaired) electrons. The van der Waals surface area contributed by atoms with Crippen molar-refractivity contribution >= 4 is 23.2 Å². The van der Waals surface area contributed by atoms with Gasteiger partial charge in [-0.2, -0.15) is 0 Å². The lowest BCUT2D eigenvalue weighted by molar-refractivity contribution is -0.122. The normalized spacial score (nSPS) is 19.6. The molecule has 0 spiro atoms. The number of hydrogen-bond acceptors (Lipinski definition) is 2. The molecular formula is C17H16N2O2. The number of carbonyl (C=O) groups excluding carboxylic acids is 2. The van der Waals surface area contributed by atoms with Gasteiger partial charge in [-0.15, -0.1) is 0 Å². The highest BCUT2D eigenvalue weighted by Gasteiger charge is 2.48. The lowest BCUT2D eigenvalue weighted by atomic mass is 10.2. The van der Waals surface area contributed by atoms with Crippen LogP contribution in [-0.4, -0.2) is 11.8 Å². The molecule has 2 unspecified atom stereocenters. The highest BCUT2D eigenvalue weighted by atomic mass is 16.2. The van der Waals surface area contributed by atoms with Crippen molar-refractivity contribution in [1.29, 1.82) is 0 Å². The molecule has 21 heavy (non-hydrogen) atoms. The zero-order chi connectivity index (χ0) is 14.7. The second-order valence-corrected chi connectivity index (χ2v) is 5.16. The van der Waals surface area contributed by atoms with E-state index in [1.165, 1.54) is 0 Å². The van der Waals surface area contributed by atoms with Gasteiger partial charge in [0.15, 0.2) is 0 Å². The molecule has 4 heteroatoms. The molecule has 106 valence electrons. The summed E-state index contributed by atoms with van der Waals surface area (Å²) in [4.78, 5) is 24.1. The summed E-state index contributed by atoms with van der Waals surface area (Å²) in [6.07, 6.45) is 0.608. The first-order chi connectivity index (χ1) is 10.2. The fourth-order valence-corrected chi connectivity index (χ4v) is 2.29. The van der Waals surface area contributed by atoms with Crippen LogP contribution in [0.4, 0.5) is 11.4 Å². The van der Waals surface area contributed by atoms with E-state index in [2.05, 4.69) is 10.6 Å². The number of rotatable bonds is 4. The van der Waals surface area contributed by atoms with Gasteiger partial charge in [0.2, 0.25) is 11.8 Å². The van der Waals surface area contributed by atoms with Crippen molar-refractivity contribution < 1.29 is 9.59 Å². The first kappa shape index (κ1) is 13.4. The molecule has 3 rings (SSSR count). The van der Waals surface area contributed by atoms with Crippen molar-refractivity contribution in [2.45, 2.75) is 6.42 Å². The minimum Gasteiger partial charge on any atom is -0.326 e. The van der Waals surface area contributed by atoms with Crippen molar-refractivity contribution in [3.8, 4) is 0 Å². The molecular weight excluding hydrogens is 264 g/mol. The van der Waals surface area contributed by atoms with E-state index in [4.69, 9.17) is 0 Å². The fraction of sp³-hybridized carbons (Fsp3) is 0.176. The van der Waals surface area contributed by atoms with Gasteiger partial charge in [-0.1, -0.05) is 36.4 Å². The Morgan fingerprint density at radius 1 is 0.714 bits per heavy atom. The molecule has 1 fully saturated rings. The standard InChI is InChI=1S/C17H16N2O2/c20-16(18-12-7-3-1-4-8-12)14-11-15(14)17(21)19-13-9-5-2-6-10-13/h1-10,14-15H,11H2,(H,18,20)(H,19,21). The van der Waals surface area contributed by atoms with E-state index in [1.54, 1.807) is 0 Å². The van der Waals surface area contributed by atoms with Gasteiger partial charge in [-0.25, -0.2) is 0 Å². The summed E-state index contributed by atoms with van der Waals surface area (Å²) in [5.74, 6) is -0.633. The quantitative estimate of drug-likeness (QED) is 0.904. The predicted octanol–water partition coefficient (Wildman–Crippen LogP) is 2.90. The van der Waals surface area contributed by atoms with E-state index in [-0.39, 0.29) is 23.7 Å². The third kappa shape index (κ3) is 3.28. The molecule has 2 amide bonds. The van der Waals surface area contributed by atoms with Crippen molar-refractivity contribution in [3.63, 3.8) is 0 Å². The topological polar surface area (TPSA) is 58.2 Å². The van der Waals surface area contributed by atoms with Crippen LogP contribution in [0.15, 0.2) is 60.7 Å². The van der Waals surface area contributed by atoms with Gasteiger partial charge in [-0.05, 0) is 30.7 Å². The highest BCUT2D eigenvalue weighted by Crippen LogP contribution is 2.40. The van der Waals surface area contributed by atoms with E-state index >= 15 is 0 Å². The van der Waals surface area contributed by atoms with Gasteiger partial charge in [0, 0.05) is 11.4 Å². The zero-order valence-electron chi connectivity index (χ0n) is 11.5. The van der Waals surface area contributed by atoms with Crippen LogP contribution >= 0.6 is 0 Å². The largest absolute Gasteiger partial charge is 0.326 e. The molecule has 4 nitrogen and oxygen atoms in total. The van der Waals surface area contributed by atoms with Gasteiger partial charge >= 0.3 is 0 Å². The maximum Gasteiger partial charge on any atom is 0.228 e. The molecule has 0 aliphatic heterocycles. The molecule has 1 saturated carbocycles. The van der Waals surface area contributed by atoms with E-state index in [1.807, 2.05) is 60.7 Å². The Balaban J connectivity index is 1.54. The summed E-state index contributed by atoms with van der Waals surface area (Å²) in [5.41, 5.74) is 1.52. The van der Waals surface area contributed by atoms with E-state index in [9.17, 15) is 9.59 Å². The van der Waals surface area contributed by atoms with Gasteiger partial charge in [0.05, 0.1) is 11.8 Å². The SMILES string of the molecule is O=C(Nc1ccccc1)C1CC1C(=O)Nc1ccccc1. The first-order valence-corrected chi connectivity index (χ1v) is 6.96. The van der Waals surface area contributed by atoms with Gasteiger partial charge < -0.3 is 10.6 Å². The first-order valence-electron chi connectivity index (χ1n) is 6.96. The van der Waals surface area contributed by atoms with Crippen LogP contribution in [0.25, 0.3) is 0 Å². The van der Waals surface area contributed by atoms with Crippen LogP contribution in [0.2, 0.25) is 0 Å². The third-order valence-corrected chi connectivity index (χ3v) is 3.55. The van der Waals surface area contributed by atoms with Gasteiger partial charge in [0.1, 0.15) is 0 Å². The Morgan fingerprint density at radius 3 is 1.48 bits per heavy atom. The van der Waals surface area contributed by atoms with Gasteiger partial charge in [0.25, 0.3) is 0 Å². The molecule has 0 heterocycles. The average molecular weight is 280 g/mol. The molecule has 0 aromatic heterocycles. The number of amides is 2. The molecule has 0 bridgehead atoms. The minimum absolute atomic E-state index is 0.0885. The Labute approximate surface area is 123 Å². The van der Waals surface area contributed by atoms with Crippen LogP contribution in [0.5, 0.6) is 0 Å². The number of benzene rings is 2. The Hall–Kier alpha value is -2.62. The van der Waals surface area contributed by atoms with Crippen LogP contribution in [-0.2, 0) is 9.59 Å².